The summed E-state index contributed by atoms with van der Waals surface area (Å²) in [5.74, 6) is 0. The summed E-state index contributed by atoms with van der Waals surface area (Å²) in [4.78, 5) is 7.53. The molecule has 2 heterocycles. The van der Waals surface area contributed by atoms with Crippen molar-refractivity contribution in [3.8, 4) is 0 Å². The molecule has 2 aromatic rings. The fraction of sp³-hybridized carbons (Fsp3) is 0. The average molecular weight is 193 g/mol. The van der Waals surface area contributed by atoms with Gasteiger partial charge >= 0.3 is 0 Å². The first-order valence-electron chi connectivity index (χ1n) is 3.81. The molecule has 3 heteroatoms. The molecule has 0 atom stereocenters. The second-order valence-electron chi connectivity index (χ2n) is 2.18. The number of halogens is 1. The van der Waals surface area contributed by atoms with Crippen molar-refractivity contribution < 1.29 is 0 Å². The minimum atomic E-state index is 0.544. The van der Waals surface area contributed by atoms with Crippen LogP contribution in [0.25, 0.3) is 0 Å². The average Bonchev–Trinajstić information content (AvgIpc) is 2.22. The molecule has 13 heavy (non-hydrogen) atoms. The Morgan fingerprint density at radius 1 is 0.846 bits per heavy atom. The number of hydrogen-bond acceptors (Lipinski definition) is 2. The van der Waals surface area contributed by atoms with E-state index in [-0.39, 0.29) is 0 Å². The molecular formula is C10H9ClN2. The lowest BCUT2D eigenvalue weighted by atomic mass is 10.5. The van der Waals surface area contributed by atoms with E-state index >= 15 is 0 Å². The van der Waals surface area contributed by atoms with Crippen molar-refractivity contribution in [1.82, 2.24) is 9.97 Å². The van der Waals surface area contributed by atoms with Crippen LogP contribution >= 0.6 is 11.6 Å². The maximum absolute atomic E-state index is 5.43. The molecule has 2 nitrogen and oxygen atoms in total. The largest absolute Gasteiger partial charge is 0.265 e. The Balaban J connectivity index is 0.000000132. The molecule has 0 aliphatic heterocycles. The number of aromatic nitrogens is 2. The topological polar surface area (TPSA) is 25.8 Å². The molecule has 0 N–H and O–H groups in total. The van der Waals surface area contributed by atoms with E-state index < -0.39 is 0 Å². The first-order valence-corrected chi connectivity index (χ1v) is 4.19. The van der Waals surface area contributed by atoms with Crippen molar-refractivity contribution >= 4 is 11.6 Å². The maximum Gasteiger partial charge on any atom is 0.129 e. The summed E-state index contributed by atoms with van der Waals surface area (Å²) in [7, 11) is 0. The van der Waals surface area contributed by atoms with Crippen molar-refractivity contribution in [2.75, 3.05) is 0 Å². The predicted molar refractivity (Wildman–Crippen MR) is 53.5 cm³/mol. The molecule has 0 aliphatic rings. The Bertz CT molecular complexity index is 283. The molecule has 0 amide bonds. The van der Waals surface area contributed by atoms with Crippen molar-refractivity contribution in [2.24, 2.45) is 0 Å². The smallest absolute Gasteiger partial charge is 0.129 e. The Hall–Kier alpha value is -1.41. The van der Waals surface area contributed by atoms with Crippen LogP contribution in [0.5, 0.6) is 0 Å². The molecule has 0 radical (unpaired) electrons. The van der Waals surface area contributed by atoms with Crippen LogP contribution < -0.4 is 0 Å². The normalized spacial score (nSPS) is 8.38. The van der Waals surface area contributed by atoms with E-state index in [0.29, 0.717) is 5.15 Å². The number of hydrogen-bond donors (Lipinski definition) is 0. The van der Waals surface area contributed by atoms with Gasteiger partial charge in [-0.05, 0) is 24.3 Å². The molecule has 0 spiro atoms. The highest BCUT2D eigenvalue weighted by Gasteiger charge is 1.76. The van der Waals surface area contributed by atoms with Gasteiger partial charge in [0.25, 0.3) is 0 Å². The van der Waals surface area contributed by atoms with E-state index in [1.807, 2.05) is 30.3 Å². The Kier molecular flexibility index (Phi) is 4.57. The van der Waals surface area contributed by atoms with Gasteiger partial charge in [0.2, 0.25) is 0 Å². The van der Waals surface area contributed by atoms with Crippen LogP contribution in [0.4, 0.5) is 0 Å². The minimum Gasteiger partial charge on any atom is -0.265 e. The monoisotopic (exact) mass is 192 g/mol. The highest BCUT2D eigenvalue weighted by Crippen LogP contribution is 1.98. The van der Waals surface area contributed by atoms with Gasteiger partial charge in [-0.15, -0.1) is 0 Å². The molecule has 2 rings (SSSR count). The van der Waals surface area contributed by atoms with Gasteiger partial charge in [0.05, 0.1) is 0 Å². The molecule has 0 aromatic carbocycles. The molecule has 0 saturated carbocycles. The van der Waals surface area contributed by atoms with Gasteiger partial charge in [-0.3, -0.25) is 4.98 Å². The van der Waals surface area contributed by atoms with Gasteiger partial charge in [-0.25, -0.2) is 4.98 Å². The summed E-state index contributed by atoms with van der Waals surface area (Å²) in [6.07, 6.45) is 5.16. The van der Waals surface area contributed by atoms with Crippen LogP contribution in [0.2, 0.25) is 5.15 Å². The zero-order valence-electron chi connectivity index (χ0n) is 6.97. The fourth-order valence-electron chi connectivity index (χ4n) is 0.655. The zero-order valence-corrected chi connectivity index (χ0v) is 7.72. The van der Waals surface area contributed by atoms with E-state index in [1.165, 1.54) is 0 Å². The Morgan fingerprint density at radius 2 is 1.54 bits per heavy atom. The van der Waals surface area contributed by atoms with E-state index in [4.69, 9.17) is 11.6 Å². The zero-order chi connectivity index (χ0) is 9.36. The van der Waals surface area contributed by atoms with E-state index in [1.54, 1.807) is 24.7 Å². The lowest BCUT2D eigenvalue weighted by Crippen LogP contribution is -1.65. The van der Waals surface area contributed by atoms with Gasteiger partial charge < -0.3 is 0 Å². The van der Waals surface area contributed by atoms with Gasteiger partial charge in [0.1, 0.15) is 5.15 Å². The molecule has 0 aliphatic carbocycles. The molecule has 0 bridgehead atoms. The molecule has 0 fully saturated rings. The second-order valence-corrected chi connectivity index (χ2v) is 2.56. The highest BCUT2D eigenvalue weighted by atomic mass is 35.5. The summed E-state index contributed by atoms with van der Waals surface area (Å²) in [6, 6.07) is 11.1. The Morgan fingerprint density at radius 3 is 1.77 bits per heavy atom. The van der Waals surface area contributed by atoms with Crippen molar-refractivity contribution in [1.29, 1.82) is 0 Å². The van der Waals surface area contributed by atoms with Gasteiger partial charge in [-0.1, -0.05) is 23.7 Å². The van der Waals surface area contributed by atoms with Crippen LogP contribution in [0.1, 0.15) is 0 Å². The van der Waals surface area contributed by atoms with Crippen LogP contribution in [-0.4, -0.2) is 9.97 Å². The third kappa shape index (κ3) is 4.93. The van der Waals surface area contributed by atoms with Crippen LogP contribution in [0.15, 0.2) is 55.0 Å². The Labute approximate surface area is 82.2 Å². The molecule has 66 valence electrons. The summed E-state index contributed by atoms with van der Waals surface area (Å²) in [6.45, 7) is 0. The van der Waals surface area contributed by atoms with Gasteiger partial charge in [-0.2, -0.15) is 0 Å². The molecule has 2 aromatic heterocycles. The molecule has 0 saturated heterocycles. The quantitative estimate of drug-likeness (QED) is 0.600. The summed E-state index contributed by atoms with van der Waals surface area (Å²) in [5.41, 5.74) is 0. The van der Waals surface area contributed by atoms with Gasteiger partial charge in [0, 0.05) is 18.6 Å². The maximum atomic E-state index is 5.43. The summed E-state index contributed by atoms with van der Waals surface area (Å²) < 4.78 is 0. The highest BCUT2D eigenvalue weighted by molar-refractivity contribution is 6.29. The van der Waals surface area contributed by atoms with Crippen LogP contribution in [0, 0.1) is 0 Å². The minimum absolute atomic E-state index is 0.544. The number of rotatable bonds is 0. The second kappa shape index (κ2) is 6.14. The SMILES string of the molecule is Clc1ccccn1.c1ccncc1. The van der Waals surface area contributed by atoms with Crippen LogP contribution in [-0.2, 0) is 0 Å². The third-order valence-electron chi connectivity index (χ3n) is 1.20. The van der Waals surface area contributed by atoms with Crippen molar-refractivity contribution in [2.45, 2.75) is 0 Å². The van der Waals surface area contributed by atoms with Crippen molar-refractivity contribution in [3.63, 3.8) is 0 Å². The van der Waals surface area contributed by atoms with E-state index in [9.17, 15) is 0 Å². The summed E-state index contributed by atoms with van der Waals surface area (Å²) in [5, 5.41) is 0.544. The molecule has 0 unspecified atom stereocenters. The standard InChI is InChI=1S/C5H4ClN.C5H5N/c6-5-3-1-2-4-7-5;1-2-4-6-5-3-1/h1-4H;1-5H. The fourth-order valence-corrected chi connectivity index (χ4v) is 0.784. The predicted octanol–water partition coefficient (Wildman–Crippen LogP) is 2.82. The summed E-state index contributed by atoms with van der Waals surface area (Å²) >= 11 is 5.43. The number of pyridine rings is 2. The third-order valence-corrected chi connectivity index (χ3v) is 1.42. The van der Waals surface area contributed by atoms with E-state index in [0.717, 1.165) is 0 Å². The lowest BCUT2D eigenvalue weighted by molar-refractivity contribution is 1.33. The van der Waals surface area contributed by atoms with Crippen molar-refractivity contribution in [3.05, 3.63) is 60.1 Å². The molecular weight excluding hydrogens is 184 g/mol. The first kappa shape index (κ1) is 9.68. The van der Waals surface area contributed by atoms with E-state index in [2.05, 4.69) is 9.97 Å². The number of nitrogens with zero attached hydrogens (tertiary/aromatic N) is 2. The first-order chi connectivity index (χ1) is 6.39. The lowest BCUT2D eigenvalue weighted by Gasteiger charge is -1.79. The van der Waals surface area contributed by atoms with Gasteiger partial charge in [0.15, 0.2) is 0 Å². The van der Waals surface area contributed by atoms with Crippen LogP contribution in [0.3, 0.4) is 0 Å².